The van der Waals surface area contributed by atoms with Crippen molar-refractivity contribution in [1.29, 1.82) is 0 Å². The van der Waals surface area contributed by atoms with E-state index in [1.807, 2.05) is 0 Å². The van der Waals surface area contributed by atoms with Gasteiger partial charge in [0.05, 0.1) is 35.3 Å². The van der Waals surface area contributed by atoms with Crippen molar-refractivity contribution in [1.82, 2.24) is 0 Å². The Bertz CT molecular complexity index is 2200. The summed E-state index contributed by atoms with van der Waals surface area (Å²) in [7, 11) is 0. The molecule has 4 aromatic carbocycles. The van der Waals surface area contributed by atoms with Gasteiger partial charge in [0.2, 0.25) is 0 Å². The first-order valence-corrected chi connectivity index (χ1v) is 19.8. The van der Waals surface area contributed by atoms with Gasteiger partial charge in [-0.15, -0.1) is 0 Å². The maximum absolute atomic E-state index is 14.0. The molecule has 0 radical (unpaired) electrons. The summed E-state index contributed by atoms with van der Waals surface area (Å²) in [5.41, 5.74) is 0.278. The summed E-state index contributed by atoms with van der Waals surface area (Å²) in [6, 6.07) is 31.0. The number of rotatable bonds is 16. The van der Waals surface area contributed by atoms with Crippen molar-refractivity contribution in [3.63, 3.8) is 0 Å². The van der Waals surface area contributed by atoms with E-state index in [9.17, 15) is 38.7 Å². The lowest BCUT2D eigenvalue weighted by Crippen LogP contribution is -2.66. The molecule has 2 aliphatic rings. The highest BCUT2D eigenvalue weighted by Gasteiger charge is 2.56. The van der Waals surface area contributed by atoms with Crippen molar-refractivity contribution < 1.29 is 81.3 Å². The second kappa shape index (κ2) is 21.8. The van der Waals surface area contributed by atoms with Gasteiger partial charge in [-0.1, -0.05) is 72.8 Å². The number of hydrogen-bond donors (Lipinski definition) is 1. The molecule has 0 aromatic heterocycles. The number of hydrogen-bond acceptors (Lipinski definition) is 17. The lowest BCUT2D eigenvalue weighted by molar-refractivity contribution is -0.344. The summed E-state index contributed by atoms with van der Waals surface area (Å²) in [5, 5.41) is 11.1. The van der Waals surface area contributed by atoms with Gasteiger partial charge < -0.3 is 52.5 Å². The highest BCUT2D eigenvalue weighted by Crippen LogP contribution is 2.35. The summed E-state index contributed by atoms with van der Waals surface area (Å²) in [6.45, 7) is 1.16. The van der Waals surface area contributed by atoms with Crippen LogP contribution in [0.5, 0.6) is 0 Å². The molecule has 2 heterocycles. The SMILES string of the molecule is CC(=O)CCC(=O)O[C@H]1C(O)OC[C@H](OC(C)=O)[C@@H]1O[C@@H]1O[C@H](COC(=O)c2ccccc2)[C@@H](OC(=O)c2ccccc2)[C@H](OC(=O)c2ccccc2)[C@H]1OC(=O)c1ccccc1. The number of Topliss-reactive ketones (excluding diaryl/α,β-unsaturated/α-hetero) is 1. The van der Waals surface area contributed by atoms with Crippen molar-refractivity contribution in [2.24, 2.45) is 0 Å². The van der Waals surface area contributed by atoms with Gasteiger partial charge in [-0.2, -0.15) is 0 Å². The lowest BCUT2D eigenvalue weighted by Gasteiger charge is -2.47. The molecule has 0 amide bonds. The van der Waals surface area contributed by atoms with E-state index in [2.05, 4.69) is 0 Å². The summed E-state index contributed by atoms with van der Waals surface area (Å²) in [5.74, 6) is -5.83. The summed E-state index contributed by atoms with van der Waals surface area (Å²) >= 11 is 0. The number of benzene rings is 4. The van der Waals surface area contributed by atoms with Crippen LogP contribution < -0.4 is 0 Å². The van der Waals surface area contributed by atoms with Gasteiger partial charge in [-0.3, -0.25) is 9.59 Å². The Balaban J connectivity index is 1.46. The molecule has 17 heteroatoms. The molecule has 330 valence electrons. The van der Waals surface area contributed by atoms with Crippen molar-refractivity contribution in [2.75, 3.05) is 13.2 Å². The Morgan fingerprint density at radius 2 is 1.00 bits per heavy atom. The van der Waals surface area contributed by atoms with Crippen LogP contribution >= 0.6 is 0 Å². The van der Waals surface area contributed by atoms with E-state index in [1.54, 1.807) is 72.8 Å². The molecule has 9 atom stereocenters. The van der Waals surface area contributed by atoms with Gasteiger partial charge in [0.1, 0.15) is 24.6 Å². The van der Waals surface area contributed by atoms with Crippen LogP contribution in [0, 0.1) is 0 Å². The molecule has 0 aliphatic carbocycles. The Labute approximate surface area is 361 Å². The molecule has 17 nitrogen and oxygen atoms in total. The average molecular weight is 869 g/mol. The fraction of sp³-hybridized carbons (Fsp3) is 0.326. The van der Waals surface area contributed by atoms with Gasteiger partial charge in [0.15, 0.2) is 43.1 Å². The minimum atomic E-state index is -1.94. The van der Waals surface area contributed by atoms with Crippen LogP contribution in [0.15, 0.2) is 121 Å². The maximum atomic E-state index is 14.0. The minimum Gasteiger partial charge on any atom is -0.459 e. The molecular formula is C46H44O17. The van der Waals surface area contributed by atoms with E-state index in [-0.39, 0.29) is 34.5 Å². The van der Waals surface area contributed by atoms with Crippen molar-refractivity contribution >= 4 is 41.6 Å². The topological polar surface area (TPSA) is 223 Å². The zero-order chi connectivity index (χ0) is 44.9. The van der Waals surface area contributed by atoms with Crippen LogP contribution in [0.2, 0.25) is 0 Å². The molecule has 1 N–H and O–H groups in total. The fourth-order valence-electron chi connectivity index (χ4n) is 6.64. The van der Waals surface area contributed by atoms with Crippen molar-refractivity contribution in [3.05, 3.63) is 144 Å². The molecule has 6 rings (SSSR count). The number of ether oxygens (including phenoxy) is 9. The standard InChI is InChI=1S/C46H44O17/c1-27(47)23-24-35(49)59-39-37(33(57-28(2)48)25-56-45(39)54)63-46-40(62-44(53)32-21-13-6-14-22-32)38(61-43(52)31-19-11-5-12-20-31)36(60-42(51)30-17-9-4-10-18-30)34(58-46)26-55-41(50)29-15-7-3-8-16-29/h3-22,33-34,36-40,45-46,54H,23-26H2,1-2H3/t33-,34+,36+,37-,38-,39+,40+,45?,46-/m0/s1. The van der Waals surface area contributed by atoms with Gasteiger partial charge >= 0.3 is 35.8 Å². The first kappa shape index (κ1) is 45.7. The maximum Gasteiger partial charge on any atom is 0.338 e. The molecule has 2 fully saturated rings. The third kappa shape index (κ3) is 12.4. The third-order valence-electron chi connectivity index (χ3n) is 9.70. The summed E-state index contributed by atoms with van der Waals surface area (Å²) < 4.78 is 53.2. The van der Waals surface area contributed by atoms with Gasteiger partial charge in [0, 0.05) is 13.3 Å². The smallest absolute Gasteiger partial charge is 0.338 e. The Morgan fingerprint density at radius 3 is 1.48 bits per heavy atom. The second-order valence-corrected chi connectivity index (χ2v) is 14.3. The van der Waals surface area contributed by atoms with Crippen LogP contribution in [-0.2, 0) is 57.0 Å². The Kier molecular flexibility index (Phi) is 15.8. The molecular weight excluding hydrogens is 824 g/mol. The predicted octanol–water partition coefficient (Wildman–Crippen LogP) is 4.19. The van der Waals surface area contributed by atoms with Crippen molar-refractivity contribution in [2.45, 2.75) is 82.0 Å². The van der Waals surface area contributed by atoms with Gasteiger partial charge in [-0.05, 0) is 55.5 Å². The van der Waals surface area contributed by atoms with E-state index in [0.717, 1.165) is 6.92 Å². The van der Waals surface area contributed by atoms with E-state index in [0.29, 0.717) is 0 Å². The molecule has 0 bridgehead atoms. The van der Waals surface area contributed by atoms with Gasteiger partial charge in [-0.25, -0.2) is 19.2 Å². The van der Waals surface area contributed by atoms with Crippen LogP contribution in [-0.4, -0.2) is 115 Å². The first-order chi connectivity index (χ1) is 30.4. The molecule has 4 aromatic rings. The third-order valence-corrected chi connectivity index (χ3v) is 9.70. The summed E-state index contributed by atoms with van der Waals surface area (Å²) in [4.78, 5) is 92.3. The monoisotopic (exact) mass is 868 g/mol. The second-order valence-electron chi connectivity index (χ2n) is 14.3. The Hall–Kier alpha value is -6.79. The highest BCUT2D eigenvalue weighted by molar-refractivity contribution is 5.91. The molecule has 1 unspecified atom stereocenters. The molecule has 63 heavy (non-hydrogen) atoms. The average Bonchev–Trinajstić information content (AvgIpc) is 3.29. The number of carbonyl (C=O) groups excluding carboxylic acids is 7. The number of ketones is 1. The van der Waals surface area contributed by atoms with E-state index >= 15 is 0 Å². The van der Waals surface area contributed by atoms with E-state index < -0.39 is 111 Å². The summed E-state index contributed by atoms with van der Waals surface area (Å²) in [6.07, 6.45) is -16.3. The van der Waals surface area contributed by atoms with Crippen LogP contribution in [0.25, 0.3) is 0 Å². The highest BCUT2D eigenvalue weighted by atomic mass is 16.8. The predicted molar refractivity (Wildman–Crippen MR) is 215 cm³/mol. The number of aliphatic hydroxyl groups excluding tert-OH is 1. The van der Waals surface area contributed by atoms with Crippen molar-refractivity contribution in [3.8, 4) is 0 Å². The quantitative estimate of drug-likeness (QED) is 0.123. The number of aliphatic hydroxyl groups is 1. The largest absolute Gasteiger partial charge is 0.459 e. The van der Waals surface area contributed by atoms with Crippen LogP contribution in [0.1, 0.15) is 68.1 Å². The molecule has 2 aliphatic heterocycles. The van der Waals surface area contributed by atoms with E-state index in [4.69, 9.17) is 42.6 Å². The normalized spacial score (nSPS) is 24.1. The molecule has 0 saturated carbocycles. The lowest BCUT2D eigenvalue weighted by atomic mass is 9.97. The van der Waals surface area contributed by atoms with Crippen LogP contribution in [0.3, 0.4) is 0 Å². The Morgan fingerprint density at radius 1 is 0.540 bits per heavy atom. The van der Waals surface area contributed by atoms with Gasteiger partial charge in [0.25, 0.3) is 0 Å². The fourth-order valence-corrected chi connectivity index (χ4v) is 6.64. The number of esters is 6. The van der Waals surface area contributed by atoms with E-state index in [1.165, 1.54) is 55.5 Å². The zero-order valence-corrected chi connectivity index (χ0v) is 34.1. The van der Waals surface area contributed by atoms with Crippen LogP contribution in [0.4, 0.5) is 0 Å². The first-order valence-electron chi connectivity index (χ1n) is 19.8. The number of carbonyl (C=O) groups is 7. The zero-order valence-electron chi connectivity index (χ0n) is 34.1. The molecule has 0 spiro atoms. The molecule has 2 saturated heterocycles. The minimum absolute atomic E-state index is 0.0256.